The summed E-state index contributed by atoms with van der Waals surface area (Å²) in [7, 11) is -0.00966. The van der Waals surface area contributed by atoms with E-state index in [0.29, 0.717) is 6.42 Å². The molecule has 0 N–H and O–H groups in total. The largest absolute Gasteiger partial charge is 0.629 e. The van der Waals surface area contributed by atoms with Crippen molar-refractivity contribution >= 4 is 19.8 Å². The zero-order valence-electron chi connectivity index (χ0n) is 10.2. The number of rotatable bonds is 6. The summed E-state index contributed by atoms with van der Waals surface area (Å²) in [5.74, 6) is 1.59. The van der Waals surface area contributed by atoms with E-state index in [2.05, 4.69) is 11.1 Å². The van der Waals surface area contributed by atoms with Crippen molar-refractivity contribution < 1.29 is 9.63 Å². The molecule has 0 aliphatic heterocycles. The highest BCUT2D eigenvalue weighted by Crippen LogP contribution is 2.10. The minimum absolute atomic E-state index is 0.190. The van der Waals surface area contributed by atoms with Crippen LogP contribution >= 0.6 is 7.77 Å². The van der Waals surface area contributed by atoms with Crippen LogP contribution in [0.5, 0.6) is 0 Å². The topological polar surface area (TPSA) is 68.4 Å². The van der Waals surface area contributed by atoms with Gasteiger partial charge in [0.1, 0.15) is 6.04 Å². The second-order valence-electron chi connectivity index (χ2n) is 3.59. The predicted octanol–water partition coefficient (Wildman–Crippen LogP) is 1.55. The molecule has 0 bridgehead atoms. The summed E-state index contributed by atoms with van der Waals surface area (Å²) in [4.78, 5) is 15.5. The number of benzene rings is 1. The van der Waals surface area contributed by atoms with Crippen LogP contribution in [0, 0.1) is 11.3 Å². The van der Waals surface area contributed by atoms with Gasteiger partial charge < -0.3 is 9.63 Å². The molecule has 18 heavy (non-hydrogen) atoms. The summed E-state index contributed by atoms with van der Waals surface area (Å²) in [5.41, 5.74) is 0.944. The lowest BCUT2D eigenvalue weighted by atomic mass is 10.2. The molecule has 0 saturated heterocycles. The molecule has 1 rings (SSSR count). The highest BCUT2D eigenvalue weighted by atomic mass is 31.1. The molecular weight excluding hydrogens is 247 g/mol. The van der Waals surface area contributed by atoms with Gasteiger partial charge in [0.2, 0.25) is 6.35 Å². The van der Waals surface area contributed by atoms with Gasteiger partial charge in [-0.3, -0.25) is 4.99 Å². The third kappa shape index (κ3) is 5.70. The van der Waals surface area contributed by atoms with Gasteiger partial charge >= 0.3 is 0 Å². The Balaban J connectivity index is 2.56. The van der Waals surface area contributed by atoms with Gasteiger partial charge in [-0.05, 0) is 5.56 Å². The van der Waals surface area contributed by atoms with Gasteiger partial charge in [-0.15, -0.1) is 0 Å². The molecule has 1 aromatic rings. The normalized spacial score (nSPS) is 13.5. The van der Waals surface area contributed by atoms with E-state index in [4.69, 9.17) is 10.00 Å². The van der Waals surface area contributed by atoms with E-state index in [1.165, 1.54) is 7.11 Å². The minimum Gasteiger partial charge on any atom is -0.629 e. The fourth-order valence-electron chi connectivity index (χ4n) is 1.26. The molecule has 0 saturated carbocycles. The third-order valence-corrected chi connectivity index (χ3v) is 3.27. The molecule has 0 amide bonds. The van der Waals surface area contributed by atoms with Crippen molar-refractivity contribution in [3.63, 3.8) is 0 Å². The summed E-state index contributed by atoms with van der Waals surface area (Å²) in [6.07, 6.45) is 2.22. The van der Waals surface area contributed by atoms with Crippen LogP contribution in [0.3, 0.4) is 0 Å². The number of ether oxygens (including phenoxy) is 1. The highest BCUT2D eigenvalue weighted by molar-refractivity contribution is 7.49. The molecule has 94 valence electrons. The van der Waals surface area contributed by atoms with Crippen LogP contribution in [0.25, 0.3) is 0 Å². The minimum atomic E-state index is -1.51. The van der Waals surface area contributed by atoms with Crippen LogP contribution in [0.2, 0.25) is 0 Å². The molecule has 0 fully saturated rings. The number of methoxy groups -OCH3 is 1. The van der Waals surface area contributed by atoms with Gasteiger partial charge in [0.15, 0.2) is 0 Å². The first-order valence-corrected chi connectivity index (χ1v) is 7.01. The second kappa shape index (κ2) is 8.54. The summed E-state index contributed by atoms with van der Waals surface area (Å²) < 4.78 is 4.76. The van der Waals surface area contributed by atoms with Crippen LogP contribution in [-0.4, -0.2) is 31.5 Å². The van der Waals surface area contributed by atoms with E-state index in [0.717, 1.165) is 5.56 Å². The molecule has 0 aromatic heterocycles. The molecule has 0 heterocycles. The molecule has 0 aliphatic carbocycles. The van der Waals surface area contributed by atoms with Gasteiger partial charge in [0.05, 0.1) is 19.6 Å². The van der Waals surface area contributed by atoms with Gasteiger partial charge in [0.25, 0.3) is 0 Å². The maximum atomic E-state index is 11.3. The van der Waals surface area contributed by atoms with Gasteiger partial charge in [-0.1, -0.05) is 30.3 Å². The monoisotopic (exact) mass is 262 g/mol. The Morgan fingerprint density at radius 3 is 2.83 bits per heavy atom. The zero-order valence-corrected chi connectivity index (χ0v) is 11.1. The quantitative estimate of drug-likeness (QED) is 0.577. The van der Waals surface area contributed by atoms with Crippen molar-refractivity contribution in [3.8, 4) is 6.07 Å². The van der Waals surface area contributed by atoms with E-state index in [1.54, 1.807) is 12.0 Å². The summed E-state index contributed by atoms with van der Waals surface area (Å²) in [6.45, 7) is 0. The van der Waals surface area contributed by atoms with Crippen LogP contribution in [0.4, 0.5) is 0 Å². The maximum Gasteiger partial charge on any atom is 0.200 e. The van der Waals surface area contributed by atoms with E-state index >= 15 is 0 Å². The molecule has 2 atom stereocenters. The van der Waals surface area contributed by atoms with E-state index in [-0.39, 0.29) is 6.35 Å². The lowest BCUT2D eigenvalue weighted by Gasteiger charge is -1.99. The van der Waals surface area contributed by atoms with Crippen LogP contribution < -0.4 is 4.89 Å². The number of nitriles is 1. The smallest absolute Gasteiger partial charge is 0.200 e. The summed E-state index contributed by atoms with van der Waals surface area (Å²) in [6, 6.07) is 11.1. The molecule has 1 aromatic carbocycles. The van der Waals surface area contributed by atoms with E-state index < -0.39 is 13.8 Å². The molecule has 0 aliphatic rings. The SMILES string of the molecule is COC[P+]([O-])=CCC(C#N)N=Cc1ccccc1. The molecule has 0 spiro atoms. The molecule has 0 radical (unpaired) electrons. The van der Waals surface area contributed by atoms with E-state index in [1.807, 2.05) is 30.3 Å². The Kier molecular flexibility index (Phi) is 6.90. The molecule has 5 heteroatoms. The van der Waals surface area contributed by atoms with Crippen molar-refractivity contribution in [2.75, 3.05) is 13.5 Å². The Labute approximate surface area is 108 Å². The number of hydrogen-bond donors (Lipinski definition) is 0. The van der Waals surface area contributed by atoms with Gasteiger partial charge in [-0.25, -0.2) is 0 Å². The number of aliphatic imine (C=N–C) groups is 1. The van der Waals surface area contributed by atoms with Gasteiger partial charge in [0, 0.05) is 19.7 Å². The van der Waals surface area contributed by atoms with Crippen LogP contribution in [-0.2, 0) is 4.74 Å². The summed E-state index contributed by atoms with van der Waals surface area (Å²) in [5, 5.41) is 8.94. The lowest BCUT2D eigenvalue weighted by molar-refractivity contribution is -0.156. The predicted molar refractivity (Wildman–Crippen MR) is 72.9 cm³/mol. The number of hydrogen-bond acceptors (Lipinski definition) is 4. The Morgan fingerprint density at radius 2 is 2.22 bits per heavy atom. The Morgan fingerprint density at radius 1 is 1.50 bits per heavy atom. The van der Waals surface area contributed by atoms with Crippen molar-refractivity contribution in [2.45, 2.75) is 12.5 Å². The van der Waals surface area contributed by atoms with Crippen molar-refractivity contribution in [2.24, 2.45) is 4.99 Å². The van der Waals surface area contributed by atoms with Crippen molar-refractivity contribution in [1.29, 1.82) is 5.26 Å². The van der Waals surface area contributed by atoms with Gasteiger partial charge in [-0.2, -0.15) is 5.26 Å². The first kappa shape index (κ1) is 14.5. The zero-order chi connectivity index (χ0) is 13.2. The molecule has 4 nitrogen and oxygen atoms in total. The first-order chi connectivity index (χ1) is 8.76. The fraction of sp³-hybridized carbons (Fsp3) is 0.308. The Hall–Kier alpha value is -1.53. The third-order valence-electron chi connectivity index (χ3n) is 2.14. The summed E-state index contributed by atoms with van der Waals surface area (Å²) >= 11 is 0. The van der Waals surface area contributed by atoms with Crippen LogP contribution in [0.1, 0.15) is 12.0 Å². The standard InChI is InChI=1S/C13H15N2O2P/c1-17-11-18(16)8-7-13(9-14)15-10-12-5-3-2-4-6-12/h2-6,8,10,13H,7,11H2,1H3. The number of nitrogens with zero attached hydrogens (tertiary/aromatic N) is 2. The second-order valence-corrected chi connectivity index (χ2v) is 5.04. The lowest BCUT2D eigenvalue weighted by Crippen LogP contribution is -2.04. The highest BCUT2D eigenvalue weighted by Gasteiger charge is 2.04. The van der Waals surface area contributed by atoms with Crippen molar-refractivity contribution in [3.05, 3.63) is 35.9 Å². The average Bonchev–Trinajstić information content (AvgIpc) is 2.40. The van der Waals surface area contributed by atoms with E-state index in [9.17, 15) is 4.89 Å². The Bertz CT molecular complexity index is 452. The maximum absolute atomic E-state index is 11.3. The molecule has 2 unspecified atom stereocenters. The van der Waals surface area contributed by atoms with Crippen molar-refractivity contribution in [1.82, 2.24) is 0 Å². The molecular formula is C13H15N2O2P. The first-order valence-electron chi connectivity index (χ1n) is 5.50. The fourth-order valence-corrected chi connectivity index (χ4v) is 2.05. The average molecular weight is 262 g/mol. The van der Waals surface area contributed by atoms with Crippen LogP contribution in [0.15, 0.2) is 35.3 Å².